The molecule has 0 aliphatic rings. The first kappa shape index (κ1) is 14.2. The maximum absolute atomic E-state index is 11.8. The predicted octanol–water partition coefficient (Wildman–Crippen LogP) is 1.28. The second-order valence-corrected chi connectivity index (χ2v) is 5.79. The molecule has 0 aliphatic heterocycles. The Balaban J connectivity index is 2.71. The van der Waals surface area contributed by atoms with E-state index in [1.54, 1.807) is 7.05 Å². The van der Waals surface area contributed by atoms with Crippen molar-refractivity contribution in [2.75, 3.05) is 19.3 Å². The maximum Gasteiger partial charge on any atom is 0.213 e. The molecule has 0 heterocycles. The van der Waals surface area contributed by atoms with E-state index in [9.17, 15) is 8.42 Å². The molecule has 96 valence electrons. The molecule has 4 nitrogen and oxygen atoms in total. The van der Waals surface area contributed by atoms with Crippen molar-refractivity contribution in [3.63, 3.8) is 0 Å². The zero-order chi connectivity index (χ0) is 12.7. The lowest BCUT2D eigenvalue weighted by molar-refractivity contribution is 0.548. The molecular formula is C12H20N2O2S. The van der Waals surface area contributed by atoms with Crippen LogP contribution in [-0.2, 0) is 10.0 Å². The van der Waals surface area contributed by atoms with E-state index in [4.69, 9.17) is 0 Å². The predicted molar refractivity (Wildman–Crippen MR) is 70.3 cm³/mol. The van der Waals surface area contributed by atoms with Crippen molar-refractivity contribution in [1.82, 2.24) is 10.0 Å². The van der Waals surface area contributed by atoms with Gasteiger partial charge in [0, 0.05) is 12.6 Å². The van der Waals surface area contributed by atoms with Crippen molar-refractivity contribution in [1.29, 1.82) is 0 Å². The van der Waals surface area contributed by atoms with E-state index in [2.05, 4.69) is 10.0 Å². The molecule has 0 amide bonds. The Morgan fingerprint density at radius 3 is 2.41 bits per heavy atom. The minimum absolute atomic E-state index is 0.104. The molecule has 1 rings (SSSR count). The van der Waals surface area contributed by atoms with E-state index in [1.807, 2.05) is 37.3 Å². The largest absolute Gasteiger partial charge is 0.319 e. The van der Waals surface area contributed by atoms with Crippen molar-refractivity contribution in [2.24, 2.45) is 0 Å². The first-order valence-electron chi connectivity index (χ1n) is 5.78. The van der Waals surface area contributed by atoms with Crippen LogP contribution in [0.3, 0.4) is 0 Å². The lowest BCUT2D eigenvalue weighted by Crippen LogP contribution is -2.33. The summed E-state index contributed by atoms with van der Waals surface area (Å²) in [6, 6.07) is 9.49. The van der Waals surface area contributed by atoms with Gasteiger partial charge in [-0.05, 0) is 19.0 Å². The van der Waals surface area contributed by atoms with Crippen LogP contribution in [0.1, 0.15) is 24.9 Å². The molecular weight excluding hydrogens is 236 g/mol. The van der Waals surface area contributed by atoms with Gasteiger partial charge < -0.3 is 5.32 Å². The summed E-state index contributed by atoms with van der Waals surface area (Å²) in [4.78, 5) is 0. The van der Waals surface area contributed by atoms with Gasteiger partial charge in [0.15, 0.2) is 0 Å². The van der Waals surface area contributed by atoms with Gasteiger partial charge in [-0.1, -0.05) is 37.3 Å². The summed E-state index contributed by atoms with van der Waals surface area (Å²) in [6.45, 7) is 2.43. The molecule has 17 heavy (non-hydrogen) atoms. The summed E-state index contributed by atoms with van der Waals surface area (Å²) in [7, 11) is -1.48. The lowest BCUT2D eigenvalue weighted by Gasteiger charge is -2.17. The number of hydrogen-bond donors (Lipinski definition) is 2. The van der Waals surface area contributed by atoms with Crippen LogP contribution in [0, 0.1) is 0 Å². The topological polar surface area (TPSA) is 58.2 Å². The standard InChI is InChI=1S/C12H20N2O2S/c1-3-12(11-7-5-4-6-8-11)14-17(15,16)10-9-13-2/h4-8,12-14H,3,9-10H2,1-2H3. The molecule has 0 radical (unpaired) electrons. The Morgan fingerprint density at radius 2 is 1.88 bits per heavy atom. The zero-order valence-electron chi connectivity index (χ0n) is 10.3. The fourth-order valence-corrected chi connectivity index (χ4v) is 2.91. The first-order valence-corrected chi connectivity index (χ1v) is 7.44. The molecule has 0 spiro atoms. The molecule has 0 fully saturated rings. The first-order chi connectivity index (χ1) is 8.09. The monoisotopic (exact) mass is 256 g/mol. The van der Waals surface area contributed by atoms with Crippen LogP contribution in [0.5, 0.6) is 0 Å². The fraction of sp³-hybridized carbons (Fsp3) is 0.500. The van der Waals surface area contributed by atoms with Crippen molar-refractivity contribution in [3.05, 3.63) is 35.9 Å². The molecule has 5 heteroatoms. The van der Waals surface area contributed by atoms with E-state index in [1.165, 1.54) is 0 Å². The summed E-state index contributed by atoms with van der Waals surface area (Å²) in [5.41, 5.74) is 1.00. The highest BCUT2D eigenvalue weighted by Crippen LogP contribution is 2.16. The Kier molecular flexibility index (Phi) is 5.61. The van der Waals surface area contributed by atoms with E-state index in [0.717, 1.165) is 12.0 Å². The third-order valence-electron chi connectivity index (χ3n) is 2.55. The van der Waals surface area contributed by atoms with Gasteiger partial charge in [0.1, 0.15) is 0 Å². The van der Waals surface area contributed by atoms with Gasteiger partial charge >= 0.3 is 0 Å². The smallest absolute Gasteiger partial charge is 0.213 e. The Bertz CT molecular complexity index is 417. The number of rotatable bonds is 7. The van der Waals surface area contributed by atoms with Crippen LogP contribution < -0.4 is 10.0 Å². The van der Waals surface area contributed by atoms with Gasteiger partial charge in [-0.15, -0.1) is 0 Å². The third kappa shape index (κ3) is 4.85. The van der Waals surface area contributed by atoms with E-state index in [0.29, 0.717) is 6.54 Å². The quantitative estimate of drug-likeness (QED) is 0.772. The molecule has 2 N–H and O–H groups in total. The second kappa shape index (κ2) is 6.74. The number of nitrogens with one attached hydrogen (secondary N) is 2. The van der Waals surface area contributed by atoms with E-state index >= 15 is 0 Å². The van der Waals surface area contributed by atoms with Crippen LogP contribution in [0.25, 0.3) is 0 Å². The molecule has 1 unspecified atom stereocenters. The van der Waals surface area contributed by atoms with Crippen LogP contribution in [-0.4, -0.2) is 27.8 Å². The third-order valence-corrected chi connectivity index (χ3v) is 3.94. The van der Waals surface area contributed by atoms with Crippen molar-refractivity contribution in [2.45, 2.75) is 19.4 Å². The molecule has 1 aromatic carbocycles. The van der Waals surface area contributed by atoms with Gasteiger partial charge in [0.2, 0.25) is 10.0 Å². The van der Waals surface area contributed by atoms with Gasteiger partial charge in [-0.25, -0.2) is 13.1 Å². The SMILES string of the molecule is CCC(NS(=O)(=O)CCNC)c1ccccc1. The Labute approximate surface area is 103 Å². The highest BCUT2D eigenvalue weighted by Gasteiger charge is 2.17. The van der Waals surface area contributed by atoms with Crippen molar-refractivity contribution < 1.29 is 8.42 Å². The van der Waals surface area contributed by atoms with Crippen LogP contribution >= 0.6 is 0 Å². The summed E-state index contributed by atoms with van der Waals surface area (Å²) in [5, 5.41) is 2.84. The van der Waals surface area contributed by atoms with Gasteiger partial charge in [-0.2, -0.15) is 0 Å². The van der Waals surface area contributed by atoms with Crippen molar-refractivity contribution in [3.8, 4) is 0 Å². The molecule has 0 saturated carbocycles. The summed E-state index contributed by atoms with van der Waals surface area (Å²) >= 11 is 0. The molecule has 1 atom stereocenters. The van der Waals surface area contributed by atoms with Gasteiger partial charge in [0.25, 0.3) is 0 Å². The summed E-state index contributed by atoms with van der Waals surface area (Å²) < 4.78 is 26.3. The minimum Gasteiger partial charge on any atom is -0.319 e. The fourth-order valence-electron chi connectivity index (χ4n) is 1.58. The highest BCUT2D eigenvalue weighted by atomic mass is 32.2. The molecule has 0 bridgehead atoms. The highest BCUT2D eigenvalue weighted by molar-refractivity contribution is 7.89. The summed E-state index contributed by atoms with van der Waals surface area (Å²) in [5.74, 6) is 0.104. The number of benzene rings is 1. The van der Waals surface area contributed by atoms with Crippen LogP contribution in [0.2, 0.25) is 0 Å². The van der Waals surface area contributed by atoms with E-state index in [-0.39, 0.29) is 11.8 Å². The average molecular weight is 256 g/mol. The molecule has 1 aromatic rings. The lowest BCUT2D eigenvalue weighted by atomic mass is 10.1. The number of hydrogen-bond acceptors (Lipinski definition) is 3. The number of sulfonamides is 1. The summed E-state index contributed by atoms with van der Waals surface area (Å²) in [6.07, 6.45) is 0.739. The minimum atomic E-state index is -3.22. The average Bonchev–Trinajstić information content (AvgIpc) is 2.35. The van der Waals surface area contributed by atoms with Gasteiger partial charge in [-0.3, -0.25) is 0 Å². The second-order valence-electron chi connectivity index (χ2n) is 3.91. The molecule has 0 saturated heterocycles. The molecule has 0 aromatic heterocycles. The van der Waals surface area contributed by atoms with Crippen molar-refractivity contribution >= 4 is 10.0 Å². The molecule has 0 aliphatic carbocycles. The zero-order valence-corrected chi connectivity index (χ0v) is 11.1. The Hall–Kier alpha value is -0.910. The van der Waals surface area contributed by atoms with Crippen LogP contribution in [0.15, 0.2) is 30.3 Å². The maximum atomic E-state index is 11.8. The van der Waals surface area contributed by atoms with E-state index < -0.39 is 10.0 Å². The normalized spacial score (nSPS) is 13.5. The Morgan fingerprint density at radius 1 is 1.24 bits per heavy atom. The van der Waals surface area contributed by atoms with Gasteiger partial charge in [0.05, 0.1) is 5.75 Å². The van der Waals surface area contributed by atoms with Crippen LogP contribution in [0.4, 0.5) is 0 Å².